The fourth-order valence-electron chi connectivity index (χ4n) is 3.15. The van der Waals surface area contributed by atoms with E-state index in [1.54, 1.807) is 14.2 Å². The molecule has 0 aromatic heterocycles. The average Bonchev–Trinajstić information content (AvgIpc) is 2.66. The first kappa shape index (κ1) is 18.1. The van der Waals surface area contributed by atoms with Crippen LogP contribution in [-0.2, 0) is 12.8 Å². The lowest BCUT2D eigenvalue weighted by Crippen LogP contribution is -2.00. The molecular formula is C24H26O2. The van der Waals surface area contributed by atoms with E-state index >= 15 is 0 Å². The summed E-state index contributed by atoms with van der Waals surface area (Å²) in [5.41, 5.74) is 7.35. The van der Waals surface area contributed by atoms with Gasteiger partial charge in [-0.15, -0.1) is 0 Å². The maximum absolute atomic E-state index is 5.68. The molecule has 3 rings (SSSR count). The van der Waals surface area contributed by atoms with Crippen molar-refractivity contribution in [2.45, 2.75) is 26.7 Å². The Morgan fingerprint density at radius 2 is 0.923 bits per heavy atom. The highest BCUT2D eigenvalue weighted by molar-refractivity contribution is 5.50. The van der Waals surface area contributed by atoms with E-state index in [4.69, 9.17) is 9.47 Å². The van der Waals surface area contributed by atoms with Crippen LogP contribution >= 0.6 is 0 Å². The first-order valence-corrected chi connectivity index (χ1v) is 8.94. The third-order valence-corrected chi connectivity index (χ3v) is 4.71. The molecule has 3 aromatic carbocycles. The molecule has 2 heteroatoms. The third-order valence-electron chi connectivity index (χ3n) is 4.71. The molecule has 0 aliphatic rings. The monoisotopic (exact) mass is 346 g/mol. The highest BCUT2D eigenvalue weighted by Gasteiger charge is 2.12. The Balaban J connectivity index is 1.91. The third kappa shape index (κ3) is 4.26. The molecule has 0 heterocycles. The van der Waals surface area contributed by atoms with Crippen molar-refractivity contribution >= 4 is 0 Å². The van der Waals surface area contributed by atoms with Gasteiger partial charge in [-0.2, -0.15) is 0 Å². The number of hydrogen-bond donors (Lipinski definition) is 0. The van der Waals surface area contributed by atoms with Gasteiger partial charge < -0.3 is 9.47 Å². The van der Waals surface area contributed by atoms with Crippen LogP contribution in [0, 0.1) is 13.8 Å². The Morgan fingerprint density at radius 3 is 1.23 bits per heavy atom. The average molecular weight is 346 g/mol. The molecule has 0 unspecified atom stereocenters. The van der Waals surface area contributed by atoms with E-state index in [9.17, 15) is 0 Å². The maximum atomic E-state index is 5.68. The summed E-state index contributed by atoms with van der Waals surface area (Å²) in [4.78, 5) is 0. The van der Waals surface area contributed by atoms with Crippen LogP contribution < -0.4 is 9.47 Å². The largest absolute Gasteiger partial charge is 0.496 e. The molecule has 0 atom stereocenters. The van der Waals surface area contributed by atoms with Crippen molar-refractivity contribution in [1.82, 2.24) is 0 Å². The van der Waals surface area contributed by atoms with E-state index in [2.05, 4.69) is 74.5 Å². The molecule has 0 fully saturated rings. The summed E-state index contributed by atoms with van der Waals surface area (Å²) in [7, 11) is 3.46. The lowest BCUT2D eigenvalue weighted by molar-refractivity contribution is 0.396. The van der Waals surface area contributed by atoms with Gasteiger partial charge in [-0.25, -0.2) is 0 Å². The molecule has 0 radical (unpaired) electrons. The number of rotatable bonds is 6. The Morgan fingerprint density at radius 1 is 0.577 bits per heavy atom. The Hall–Kier alpha value is -2.74. The molecule has 0 N–H and O–H groups in total. The second kappa shape index (κ2) is 8.09. The molecule has 0 bridgehead atoms. The van der Waals surface area contributed by atoms with Crippen LogP contribution in [0.4, 0.5) is 0 Å². The van der Waals surface area contributed by atoms with Crippen molar-refractivity contribution in [3.8, 4) is 11.5 Å². The minimum absolute atomic E-state index is 0.824. The second-order valence-corrected chi connectivity index (χ2v) is 6.80. The standard InChI is InChI=1S/C24H26O2/c1-17-5-9-19(10-6-17)13-21-15-24(26-4)22(16-23(21)25-3)14-20-11-7-18(2)8-12-20/h5-12,15-16H,13-14H2,1-4H3. The van der Waals surface area contributed by atoms with Gasteiger partial charge in [-0.05, 0) is 37.1 Å². The zero-order chi connectivity index (χ0) is 18.5. The van der Waals surface area contributed by atoms with E-state index in [1.165, 1.54) is 22.3 Å². The van der Waals surface area contributed by atoms with Crippen LogP contribution in [0.1, 0.15) is 33.4 Å². The number of aryl methyl sites for hydroxylation is 2. The summed E-state index contributed by atoms with van der Waals surface area (Å²) in [6.07, 6.45) is 1.65. The lowest BCUT2D eigenvalue weighted by Gasteiger charge is -2.15. The van der Waals surface area contributed by atoms with E-state index in [0.717, 1.165) is 35.5 Å². The van der Waals surface area contributed by atoms with Gasteiger partial charge in [-0.1, -0.05) is 59.7 Å². The van der Waals surface area contributed by atoms with Crippen LogP contribution in [0.25, 0.3) is 0 Å². The topological polar surface area (TPSA) is 18.5 Å². The van der Waals surface area contributed by atoms with Crippen LogP contribution in [0.3, 0.4) is 0 Å². The van der Waals surface area contributed by atoms with Gasteiger partial charge in [0.15, 0.2) is 0 Å². The smallest absolute Gasteiger partial charge is 0.122 e. The molecule has 26 heavy (non-hydrogen) atoms. The Labute approximate surface area is 156 Å². The predicted molar refractivity (Wildman–Crippen MR) is 108 cm³/mol. The lowest BCUT2D eigenvalue weighted by atomic mass is 9.97. The molecule has 0 spiro atoms. The van der Waals surface area contributed by atoms with Gasteiger partial charge in [0.25, 0.3) is 0 Å². The molecule has 0 amide bonds. The normalized spacial score (nSPS) is 10.6. The van der Waals surface area contributed by atoms with Crippen molar-refractivity contribution in [3.05, 3.63) is 94.0 Å². The molecular weight excluding hydrogens is 320 g/mol. The molecule has 134 valence electrons. The van der Waals surface area contributed by atoms with E-state index < -0.39 is 0 Å². The van der Waals surface area contributed by atoms with Gasteiger partial charge in [-0.3, -0.25) is 0 Å². The number of benzene rings is 3. The number of ether oxygens (including phenoxy) is 2. The minimum Gasteiger partial charge on any atom is -0.496 e. The highest BCUT2D eigenvalue weighted by atomic mass is 16.5. The van der Waals surface area contributed by atoms with Crippen LogP contribution in [-0.4, -0.2) is 14.2 Å². The molecule has 2 nitrogen and oxygen atoms in total. The van der Waals surface area contributed by atoms with Crippen molar-refractivity contribution in [2.24, 2.45) is 0 Å². The fraction of sp³-hybridized carbons (Fsp3) is 0.250. The molecule has 0 aliphatic carbocycles. The summed E-state index contributed by atoms with van der Waals surface area (Å²) in [5.74, 6) is 1.82. The van der Waals surface area contributed by atoms with E-state index in [1.807, 2.05) is 0 Å². The fourth-order valence-corrected chi connectivity index (χ4v) is 3.15. The molecule has 3 aromatic rings. The molecule has 0 saturated heterocycles. The maximum Gasteiger partial charge on any atom is 0.122 e. The Kier molecular flexibility index (Phi) is 5.62. The molecule has 0 aliphatic heterocycles. The minimum atomic E-state index is 0.824. The quantitative estimate of drug-likeness (QED) is 0.586. The summed E-state index contributed by atoms with van der Waals surface area (Å²) < 4.78 is 11.4. The summed E-state index contributed by atoms with van der Waals surface area (Å²) in [6.45, 7) is 4.21. The van der Waals surface area contributed by atoms with Crippen molar-refractivity contribution in [2.75, 3.05) is 14.2 Å². The zero-order valence-electron chi connectivity index (χ0n) is 16.0. The summed E-state index contributed by atoms with van der Waals surface area (Å²) in [6, 6.07) is 21.5. The van der Waals surface area contributed by atoms with Gasteiger partial charge in [0.1, 0.15) is 11.5 Å². The summed E-state index contributed by atoms with van der Waals surface area (Å²) in [5, 5.41) is 0. The Bertz CT molecular complexity index is 787. The second-order valence-electron chi connectivity index (χ2n) is 6.80. The first-order valence-electron chi connectivity index (χ1n) is 8.94. The molecule has 0 saturated carbocycles. The summed E-state index contributed by atoms with van der Waals surface area (Å²) >= 11 is 0. The van der Waals surface area contributed by atoms with Gasteiger partial charge in [0, 0.05) is 24.0 Å². The van der Waals surface area contributed by atoms with Crippen molar-refractivity contribution in [3.63, 3.8) is 0 Å². The van der Waals surface area contributed by atoms with Crippen molar-refractivity contribution in [1.29, 1.82) is 0 Å². The van der Waals surface area contributed by atoms with E-state index in [0.29, 0.717) is 0 Å². The van der Waals surface area contributed by atoms with Crippen LogP contribution in [0.5, 0.6) is 11.5 Å². The van der Waals surface area contributed by atoms with Gasteiger partial charge in [0.2, 0.25) is 0 Å². The predicted octanol–water partition coefficient (Wildman–Crippen LogP) is 5.50. The van der Waals surface area contributed by atoms with E-state index in [-0.39, 0.29) is 0 Å². The zero-order valence-corrected chi connectivity index (χ0v) is 16.0. The SMILES string of the molecule is COc1cc(Cc2ccc(C)cc2)c(OC)cc1Cc1ccc(C)cc1. The number of methoxy groups -OCH3 is 2. The number of hydrogen-bond acceptors (Lipinski definition) is 2. The van der Waals surface area contributed by atoms with Crippen LogP contribution in [0.15, 0.2) is 60.7 Å². The van der Waals surface area contributed by atoms with Gasteiger partial charge in [0.05, 0.1) is 14.2 Å². The van der Waals surface area contributed by atoms with Crippen molar-refractivity contribution < 1.29 is 9.47 Å². The van der Waals surface area contributed by atoms with Crippen LogP contribution in [0.2, 0.25) is 0 Å². The highest BCUT2D eigenvalue weighted by Crippen LogP contribution is 2.32. The van der Waals surface area contributed by atoms with Gasteiger partial charge >= 0.3 is 0 Å². The first-order chi connectivity index (χ1) is 12.6.